The number of amides is 1. The van der Waals surface area contributed by atoms with Crippen LogP contribution in [0.5, 0.6) is 5.75 Å². The van der Waals surface area contributed by atoms with Gasteiger partial charge < -0.3 is 14.8 Å². The fourth-order valence-corrected chi connectivity index (χ4v) is 3.00. The molecule has 0 radical (unpaired) electrons. The molecule has 1 aliphatic heterocycles. The van der Waals surface area contributed by atoms with E-state index in [-0.39, 0.29) is 12.0 Å². The van der Waals surface area contributed by atoms with Crippen molar-refractivity contribution in [2.45, 2.75) is 32.3 Å². The van der Waals surface area contributed by atoms with E-state index in [2.05, 4.69) is 22.5 Å². The number of anilines is 1. The quantitative estimate of drug-likeness (QED) is 0.592. The van der Waals surface area contributed by atoms with Crippen LogP contribution in [0.2, 0.25) is 0 Å². The van der Waals surface area contributed by atoms with Crippen LogP contribution in [0.25, 0.3) is 0 Å². The fourth-order valence-electron chi connectivity index (χ4n) is 3.00. The minimum atomic E-state index is -0.205. The lowest BCUT2D eigenvalue weighted by Gasteiger charge is -2.14. The van der Waals surface area contributed by atoms with Crippen LogP contribution in [0.15, 0.2) is 53.5 Å². The van der Waals surface area contributed by atoms with E-state index in [1.54, 1.807) is 7.11 Å². The zero-order chi connectivity index (χ0) is 19.8. The number of benzene rings is 2. The van der Waals surface area contributed by atoms with Gasteiger partial charge in [-0.2, -0.15) is 0 Å². The molecule has 1 saturated heterocycles. The first-order chi connectivity index (χ1) is 13.7. The molecule has 1 heterocycles. The first-order valence-electron chi connectivity index (χ1n) is 9.65. The van der Waals surface area contributed by atoms with Crippen molar-refractivity contribution in [3.05, 3.63) is 59.7 Å². The number of nitrogens with zero attached hydrogens (tertiary/aromatic N) is 1. The lowest BCUT2D eigenvalue weighted by atomic mass is 10.1. The lowest BCUT2D eigenvalue weighted by Crippen LogP contribution is -2.36. The normalized spacial score (nSPS) is 16.6. The number of rotatable bonds is 6. The summed E-state index contributed by atoms with van der Waals surface area (Å²) in [5.41, 5.74) is 2.57. The Labute approximate surface area is 166 Å². The van der Waals surface area contributed by atoms with E-state index in [4.69, 9.17) is 9.47 Å². The summed E-state index contributed by atoms with van der Waals surface area (Å²) in [5.74, 6) is 0.919. The average Bonchev–Trinajstić information content (AvgIpc) is 3.26. The smallest absolute Gasteiger partial charge is 0.257 e. The van der Waals surface area contributed by atoms with Crippen LogP contribution in [0, 0.1) is 0 Å². The maximum atomic E-state index is 12.7. The van der Waals surface area contributed by atoms with E-state index in [9.17, 15) is 4.79 Å². The molecule has 0 aromatic heterocycles. The van der Waals surface area contributed by atoms with E-state index < -0.39 is 0 Å². The van der Waals surface area contributed by atoms with Gasteiger partial charge in [0.25, 0.3) is 5.91 Å². The zero-order valence-electron chi connectivity index (χ0n) is 16.4. The molecule has 1 atom stereocenters. The maximum absolute atomic E-state index is 12.7. The number of carbonyl (C=O) groups is 1. The standard InChI is InChI=1S/C22H27N3O3/c1-3-16-9-11-17(12-10-16)21(26)25-22(23-15-20-8-5-13-28-20)24-18-6-4-7-19(14-18)27-2/h4,6-7,9-12,14,20H,3,5,8,13,15H2,1-2H3,(H2,23,24,25,26). The third-order valence-electron chi connectivity index (χ3n) is 4.67. The molecule has 1 fully saturated rings. The van der Waals surface area contributed by atoms with Gasteiger partial charge in [-0.05, 0) is 49.1 Å². The van der Waals surface area contributed by atoms with Gasteiger partial charge in [0.15, 0.2) is 0 Å². The predicted octanol–water partition coefficient (Wildman–Crippen LogP) is 3.63. The van der Waals surface area contributed by atoms with Gasteiger partial charge in [0.2, 0.25) is 5.96 Å². The van der Waals surface area contributed by atoms with Gasteiger partial charge in [-0.3, -0.25) is 10.1 Å². The largest absolute Gasteiger partial charge is 0.497 e. The second kappa shape index (κ2) is 9.90. The van der Waals surface area contributed by atoms with Crippen LogP contribution in [0.4, 0.5) is 5.69 Å². The topological polar surface area (TPSA) is 72.0 Å². The summed E-state index contributed by atoms with van der Waals surface area (Å²) >= 11 is 0. The first-order valence-corrected chi connectivity index (χ1v) is 9.65. The number of nitrogens with one attached hydrogen (secondary N) is 2. The molecule has 1 unspecified atom stereocenters. The van der Waals surface area contributed by atoms with Gasteiger partial charge in [-0.15, -0.1) is 0 Å². The minimum absolute atomic E-state index is 0.0999. The lowest BCUT2D eigenvalue weighted by molar-refractivity contribution is 0.0975. The number of ether oxygens (including phenoxy) is 2. The molecule has 0 saturated carbocycles. The molecule has 1 aliphatic rings. The number of carbonyl (C=O) groups excluding carboxylic acids is 1. The summed E-state index contributed by atoms with van der Waals surface area (Å²) in [6.07, 6.45) is 3.08. The van der Waals surface area contributed by atoms with Crippen molar-refractivity contribution in [2.24, 2.45) is 4.99 Å². The summed E-state index contributed by atoms with van der Waals surface area (Å²) in [5, 5.41) is 6.07. The molecule has 6 heteroatoms. The summed E-state index contributed by atoms with van der Waals surface area (Å²) < 4.78 is 10.9. The molecule has 2 aromatic carbocycles. The Morgan fingerprint density at radius 1 is 1.25 bits per heavy atom. The summed E-state index contributed by atoms with van der Waals surface area (Å²) in [4.78, 5) is 17.2. The number of guanidine groups is 1. The van der Waals surface area contributed by atoms with E-state index >= 15 is 0 Å². The summed E-state index contributed by atoms with van der Waals surface area (Å²) in [6.45, 7) is 3.36. The summed E-state index contributed by atoms with van der Waals surface area (Å²) in [6, 6.07) is 15.1. The van der Waals surface area contributed by atoms with Crippen molar-refractivity contribution >= 4 is 17.6 Å². The Morgan fingerprint density at radius 2 is 2.07 bits per heavy atom. The molecule has 0 aliphatic carbocycles. The Morgan fingerprint density at radius 3 is 2.75 bits per heavy atom. The van der Waals surface area contributed by atoms with Crippen molar-refractivity contribution in [2.75, 3.05) is 25.6 Å². The number of aliphatic imine (C=N–C) groups is 1. The van der Waals surface area contributed by atoms with Crippen LogP contribution in [0.3, 0.4) is 0 Å². The third-order valence-corrected chi connectivity index (χ3v) is 4.67. The second-order valence-electron chi connectivity index (χ2n) is 6.69. The SMILES string of the molecule is CCc1ccc(C(=O)NC(=NCC2CCCO2)Nc2cccc(OC)c2)cc1. The zero-order valence-corrected chi connectivity index (χ0v) is 16.4. The highest BCUT2D eigenvalue weighted by molar-refractivity contribution is 6.10. The van der Waals surface area contributed by atoms with Gasteiger partial charge >= 0.3 is 0 Å². The number of aryl methyl sites for hydroxylation is 1. The molecule has 28 heavy (non-hydrogen) atoms. The van der Waals surface area contributed by atoms with Crippen LogP contribution >= 0.6 is 0 Å². The third kappa shape index (κ3) is 5.57. The molecule has 0 bridgehead atoms. The molecule has 6 nitrogen and oxygen atoms in total. The summed E-state index contributed by atoms with van der Waals surface area (Å²) in [7, 11) is 1.62. The predicted molar refractivity (Wildman–Crippen MR) is 111 cm³/mol. The molecule has 0 spiro atoms. The van der Waals surface area contributed by atoms with E-state index in [0.717, 1.165) is 37.3 Å². The van der Waals surface area contributed by atoms with E-state index in [0.29, 0.717) is 18.1 Å². The molecule has 1 amide bonds. The van der Waals surface area contributed by atoms with Crippen molar-refractivity contribution in [3.8, 4) is 5.75 Å². The Hall–Kier alpha value is -2.86. The molecule has 148 valence electrons. The van der Waals surface area contributed by atoms with Gasteiger partial charge in [0, 0.05) is 23.9 Å². The average molecular weight is 381 g/mol. The van der Waals surface area contributed by atoms with Crippen molar-refractivity contribution in [3.63, 3.8) is 0 Å². The maximum Gasteiger partial charge on any atom is 0.257 e. The highest BCUT2D eigenvalue weighted by atomic mass is 16.5. The van der Waals surface area contributed by atoms with Crippen LogP contribution in [0.1, 0.15) is 35.7 Å². The van der Waals surface area contributed by atoms with Gasteiger partial charge in [-0.25, -0.2) is 4.99 Å². The van der Waals surface area contributed by atoms with Gasteiger partial charge in [0.05, 0.1) is 19.8 Å². The molecule has 3 rings (SSSR count). The van der Waals surface area contributed by atoms with Crippen molar-refractivity contribution in [1.82, 2.24) is 5.32 Å². The molecule has 2 aromatic rings. The highest BCUT2D eigenvalue weighted by Gasteiger charge is 2.16. The van der Waals surface area contributed by atoms with Crippen molar-refractivity contribution in [1.29, 1.82) is 0 Å². The minimum Gasteiger partial charge on any atom is -0.497 e. The van der Waals surface area contributed by atoms with Gasteiger partial charge in [-0.1, -0.05) is 25.1 Å². The second-order valence-corrected chi connectivity index (χ2v) is 6.69. The van der Waals surface area contributed by atoms with E-state index in [1.165, 1.54) is 5.56 Å². The van der Waals surface area contributed by atoms with E-state index in [1.807, 2.05) is 48.5 Å². The number of hydrogen-bond acceptors (Lipinski definition) is 4. The molecule has 2 N–H and O–H groups in total. The molecular weight excluding hydrogens is 354 g/mol. The number of hydrogen-bond donors (Lipinski definition) is 2. The Kier molecular flexibility index (Phi) is 7.03. The Balaban J connectivity index is 1.73. The first kappa shape index (κ1) is 19.9. The highest BCUT2D eigenvalue weighted by Crippen LogP contribution is 2.17. The van der Waals surface area contributed by atoms with Crippen LogP contribution in [-0.2, 0) is 11.2 Å². The fraction of sp³-hybridized carbons (Fsp3) is 0.364. The van der Waals surface area contributed by atoms with Crippen LogP contribution < -0.4 is 15.4 Å². The van der Waals surface area contributed by atoms with Crippen molar-refractivity contribution < 1.29 is 14.3 Å². The van der Waals surface area contributed by atoms with Gasteiger partial charge in [0.1, 0.15) is 5.75 Å². The monoisotopic (exact) mass is 381 g/mol. The molecular formula is C22H27N3O3. The number of methoxy groups -OCH3 is 1. The Bertz CT molecular complexity index is 812. The van der Waals surface area contributed by atoms with Crippen LogP contribution in [-0.4, -0.2) is 38.2 Å².